The molecule has 0 aliphatic carbocycles. The van der Waals surface area contributed by atoms with Crippen molar-refractivity contribution in [2.24, 2.45) is 4.99 Å². The maximum Gasteiger partial charge on any atom is 0.0985 e. The van der Waals surface area contributed by atoms with Crippen LogP contribution in [0.3, 0.4) is 0 Å². The Kier molecular flexibility index (Phi) is 3.92. The highest BCUT2D eigenvalue weighted by Gasteiger charge is 2.30. The van der Waals surface area contributed by atoms with Gasteiger partial charge in [0.15, 0.2) is 0 Å². The number of nitrogens with zero attached hydrogens (tertiary/aromatic N) is 1. The summed E-state index contributed by atoms with van der Waals surface area (Å²) in [5, 5.41) is 1.14. The Bertz CT molecular complexity index is 404. The first-order valence-corrected chi connectivity index (χ1v) is 7.17. The lowest BCUT2D eigenvalue weighted by molar-refractivity contribution is 0.153. The zero-order valence-corrected chi connectivity index (χ0v) is 12.3. The molecule has 0 saturated carbocycles. The molecule has 0 spiro atoms. The van der Waals surface area contributed by atoms with Crippen molar-refractivity contribution in [2.75, 3.05) is 19.5 Å². The zero-order valence-electron chi connectivity index (χ0n) is 9.37. The third-order valence-corrected chi connectivity index (χ3v) is 4.52. The lowest BCUT2D eigenvalue weighted by atomic mass is 10.1. The fraction of sp³-hybridized carbons (Fsp3) is 0.417. The van der Waals surface area contributed by atoms with E-state index < -0.39 is 0 Å². The summed E-state index contributed by atoms with van der Waals surface area (Å²) < 4.78 is 6.46. The molecule has 0 N–H and O–H groups in total. The molecule has 1 aromatic carbocycles. The van der Waals surface area contributed by atoms with Gasteiger partial charge < -0.3 is 4.74 Å². The van der Waals surface area contributed by atoms with Gasteiger partial charge in [-0.2, -0.15) is 0 Å². The van der Waals surface area contributed by atoms with E-state index in [1.807, 2.05) is 11.8 Å². The van der Waals surface area contributed by atoms with Crippen LogP contribution in [0.2, 0.25) is 0 Å². The van der Waals surface area contributed by atoms with Crippen molar-refractivity contribution in [3.8, 4) is 0 Å². The van der Waals surface area contributed by atoms with Crippen molar-refractivity contribution < 1.29 is 4.74 Å². The predicted octanol–water partition coefficient (Wildman–Crippen LogP) is 3.19. The number of aliphatic imine (C=N–C) groups is 1. The highest BCUT2D eigenvalue weighted by Crippen LogP contribution is 2.31. The molecule has 1 aliphatic heterocycles. The van der Waals surface area contributed by atoms with Crippen molar-refractivity contribution in [1.29, 1.82) is 0 Å². The minimum Gasteiger partial charge on any atom is -0.382 e. The second kappa shape index (κ2) is 5.06. The fourth-order valence-electron chi connectivity index (χ4n) is 1.66. The molecule has 2 rings (SSSR count). The van der Waals surface area contributed by atoms with E-state index in [-0.39, 0.29) is 5.54 Å². The number of ether oxygens (including phenoxy) is 1. The summed E-state index contributed by atoms with van der Waals surface area (Å²) in [7, 11) is 1.73. The first-order chi connectivity index (χ1) is 7.63. The molecule has 1 unspecified atom stereocenters. The Morgan fingerprint density at radius 1 is 1.44 bits per heavy atom. The summed E-state index contributed by atoms with van der Waals surface area (Å²) >= 11 is 4.13. The quantitative estimate of drug-likeness (QED) is 0.784. The SMILES string of the molecule is COCC1(C)CSC(c2ccc(I)cc2)=N1. The maximum absolute atomic E-state index is 5.21. The summed E-state index contributed by atoms with van der Waals surface area (Å²) in [5.41, 5.74) is 1.16. The average Bonchev–Trinajstić information content (AvgIpc) is 2.62. The summed E-state index contributed by atoms with van der Waals surface area (Å²) in [4.78, 5) is 4.76. The molecule has 0 amide bonds. The topological polar surface area (TPSA) is 21.6 Å². The molecule has 4 heteroatoms. The summed E-state index contributed by atoms with van der Waals surface area (Å²) in [6.45, 7) is 2.83. The second-order valence-corrected chi connectivity index (χ2v) is 6.35. The van der Waals surface area contributed by atoms with Gasteiger partial charge in [-0.3, -0.25) is 4.99 Å². The normalized spacial score (nSPS) is 24.6. The minimum absolute atomic E-state index is 0.0578. The lowest BCUT2D eigenvalue weighted by Crippen LogP contribution is -2.28. The third kappa shape index (κ3) is 2.78. The number of thioether (sulfide) groups is 1. The van der Waals surface area contributed by atoms with Crippen LogP contribution in [0.5, 0.6) is 0 Å². The first-order valence-electron chi connectivity index (χ1n) is 5.10. The fourth-order valence-corrected chi connectivity index (χ4v) is 3.20. The van der Waals surface area contributed by atoms with Crippen molar-refractivity contribution >= 4 is 39.4 Å². The van der Waals surface area contributed by atoms with Gasteiger partial charge in [0, 0.05) is 22.0 Å². The van der Waals surface area contributed by atoms with Crippen LogP contribution in [0.25, 0.3) is 0 Å². The molecule has 1 heterocycles. The van der Waals surface area contributed by atoms with Crippen LogP contribution in [0.1, 0.15) is 12.5 Å². The smallest absolute Gasteiger partial charge is 0.0985 e. The van der Waals surface area contributed by atoms with Crippen molar-refractivity contribution in [2.45, 2.75) is 12.5 Å². The highest BCUT2D eigenvalue weighted by atomic mass is 127. The molecule has 0 bridgehead atoms. The number of hydrogen-bond acceptors (Lipinski definition) is 3. The van der Waals surface area contributed by atoms with Crippen molar-refractivity contribution in [1.82, 2.24) is 0 Å². The van der Waals surface area contributed by atoms with Crippen molar-refractivity contribution in [3.05, 3.63) is 33.4 Å². The molecule has 86 valence electrons. The second-order valence-electron chi connectivity index (χ2n) is 4.14. The highest BCUT2D eigenvalue weighted by molar-refractivity contribution is 14.1. The van der Waals surface area contributed by atoms with Crippen LogP contribution < -0.4 is 0 Å². The maximum atomic E-state index is 5.21. The monoisotopic (exact) mass is 347 g/mol. The van der Waals surface area contributed by atoms with Gasteiger partial charge in [-0.15, -0.1) is 11.8 Å². The Morgan fingerprint density at radius 2 is 2.12 bits per heavy atom. The molecule has 2 nitrogen and oxygen atoms in total. The largest absolute Gasteiger partial charge is 0.382 e. The van der Waals surface area contributed by atoms with E-state index in [0.717, 1.165) is 10.8 Å². The van der Waals surface area contributed by atoms with Gasteiger partial charge in [0.2, 0.25) is 0 Å². The summed E-state index contributed by atoms with van der Waals surface area (Å²) in [6.07, 6.45) is 0. The van der Waals surface area contributed by atoms with E-state index in [2.05, 4.69) is 53.8 Å². The molecule has 1 atom stereocenters. The van der Waals surface area contributed by atoms with Crippen LogP contribution in [0.4, 0.5) is 0 Å². The van der Waals surface area contributed by atoms with Gasteiger partial charge in [0.25, 0.3) is 0 Å². The standard InChI is InChI=1S/C12H14INOS/c1-12(7-15-2)8-16-11(14-12)9-3-5-10(13)6-4-9/h3-6H,7-8H2,1-2H3. The van der Waals surface area contributed by atoms with Crippen LogP contribution in [-0.2, 0) is 4.74 Å². The van der Waals surface area contributed by atoms with Gasteiger partial charge in [-0.05, 0) is 41.6 Å². The van der Waals surface area contributed by atoms with Gasteiger partial charge in [0.1, 0.15) is 0 Å². The molecule has 1 aliphatic rings. The molecule has 16 heavy (non-hydrogen) atoms. The van der Waals surface area contributed by atoms with E-state index >= 15 is 0 Å². The number of rotatable bonds is 3. The van der Waals surface area contributed by atoms with Gasteiger partial charge >= 0.3 is 0 Å². The number of halogens is 1. The minimum atomic E-state index is -0.0578. The first kappa shape index (κ1) is 12.4. The van der Waals surface area contributed by atoms with E-state index in [1.54, 1.807) is 7.11 Å². The molecule has 0 aromatic heterocycles. The number of methoxy groups -OCH3 is 1. The Balaban J connectivity index is 2.20. The molecular weight excluding hydrogens is 333 g/mol. The lowest BCUT2D eigenvalue weighted by Gasteiger charge is -2.17. The van der Waals surface area contributed by atoms with Crippen LogP contribution in [0.15, 0.2) is 29.3 Å². The zero-order chi connectivity index (χ0) is 11.6. The van der Waals surface area contributed by atoms with E-state index in [4.69, 9.17) is 9.73 Å². The summed E-state index contributed by atoms with van der Waals surface area (Å²) in [5.74, 6) is 1.00. The molecule has 0 saturated heterocycles. The Labute approximate surface area is 114 Å². The van der Waals surface area contributed by atoms with Gasteiger partial charge in [-0.1, -0.05) is 12.1 Å². The number of benzene rings is 1. The van der Waals surface area contributed by atoms with E-state index in [1.165, 1.54) is 9.13 Å². The average molecular weight is 347 g/mol. The molecule has 0 radical (unpaired) electrons. The predicted molar refractivity (Wildman–Crippen MR) is 78.4 cm³/mol. The van der Waals surface area contributed by atoms with Gasteiger partial charge in [-0.25, -0.2) is 0 Å². The van der Waals surface area contributed by atoms with Crippen LogP contribution >= 0.6 is 34.4 Å². The van der Waals surface area contributed by atoms with Gasteiger partial charge in [0.05, 0.1) is 17.2 Å². The number of hydrogen-bond donors (Lipinski definition) is 0. The Hall–Kier alpha value is -0.0700. The van der Waals surface area contributed by atoms with E-state index in [9.17, 15) is 0 Å². The molecule has 1 aromatic rings. The summed E-state index contributed by atoms with van der Waals surface area (Å²) in [6, 6.07) is 8.49. The third-order valence-electron chi connectivity index (χ3n) is 2.44. The van der Waals surface area contributed by atoms with Crippen LogP contribution in [0, 0.1) is 3.57 Å². The Morgan fingerprint density at radius 3 is 2.75 bits per heavy atom. The van der Waals surface area contributed by atoms with Crippen LogP contribution in [-0.4, -0.2) is 30.1 Å². The molecule has 0 fully saturated rings. The van der Waals surface area contributed by atoms with E-state index in [0.29, 0.717) is 6.61 Å². The van der Waals surface area contributed by atoms with Crippen molar-refractivity contribution in [3.63, 3.8) is 0 Å². The molecular formula is C12H14INOS.